The molecule has 158 valence electrons. The maximum Gasteiger partial charge on any atom is 0.508 e. The first-order chi connectivity index (χ1) is 14.4. The zero-order chi connectivity index (χ0) is 21.0. The predicted molar refractivity (Wildman–Crippen MR) is 98.6 cm³/mol. The number of anilines is 1. The standard InChI is InChI=1S/C19H21N5O6/c20-6-19(7-28-18(27)29-11-4-9-3-10(9)5-11)16(26)14(25)15(30-19)12-1-2-13-17(21)22-8-23-24(12)13/h1-2,8-11,14-16,25-26H,3-5,7H2,(H2,21,22,23)/t9-,10+,11?,14-,15-,16-,19+/m0/s1. The van der Waals surface area contributed by atoms with Crippen molar-refractivity contribution >= 4 is 17.5 Å². The molecule has 3 heterocycles. The fraction of sp³-hybridized carbons (Fsp3) is 0.579. The molecule has 1 saturated heterocycles. The van der Waals surface area contributed by atoms with Gasteiger partial charge in [-0.3, -0.25) is 0 Å². The lowest BCUT2D eigenvalue weighted by Crippen LogP contribution is -2.46. The Balaban J connectivity index is 1.30. The Morgan fingerprint density at radius 2 is 2.13 bits per heavy atom. The first-order valence-corrected chi connectivity index (χ1v) is 9.78. The van der Waals surface area contributed by atoms with E-state index in [0.717, 1.165) is 12.8 Å². The second-order valence-electron chi connectivity index (χ2n) is 8.18. The molecule has 2 aromatic heterocycles. The van der Waals surface area contributed by atoms with Crippen LogP contribution in [0.5, 0.6) is 0 Å². The van der Waals surface area contributed by atoms with Crippen LogP contribution in [-0.2, 0) is 14.2 Å². The normalized spacial score (nSPS) is 37.0. The molecule has 5 rings (SSSR count). The lowest BCUT2D eigenvalue weighted by Gasteiger charge is -2.24. The molecule has 2 aromatic rings. The molecule has 1 aliphatic heterocycles. The van der Waals surface area contributed by atoms with E-state index in [4.69, 9.17) is 19.9 Å². The minimum Gasteiger partial charge on any atom is -0.431 e. The Bertz CT molecular complexity index is 1030. The number of nitrogen functional groups attached to an aromatic ring is 1. The number of nitrogens with two attached hydrogens (primary N) is 1. The number of nitriles is 1. The zero-order valence-electron chi connectivity index (χ0n) is 15.9. The van der Waals surface area contributed by atoms with Gasteiger partial charge in [-0.25, -0.2) is 14.3 Å². The summed E-state index contributed by atoms with van der Waals surface area (Å²) in [6.07, 6.45) is -1.18. The lowest BCUT2D eigenvalue weighted by atomic mass is 9.96. The number of aliphatic hydroxyl groups excluding tert-OH is 2. The number of carbonyl (C=O) groups is 1. The number of rotatable bonds is 4. The van der Waals surface area contributed by atoms with Gasteiger partial charge in [0.2, 0.25) is 5.60 Å². The van der Waals surface area contributed by atoms with E-state index in [-0.39, 0.29) is 11.9 Å². The van der Waals surface area contributed by atoms with E-state index in [2.05, 4.69) is 10.1 Å². The summed E-state index contributed by atoms with van der Waals surface area (Å²) in [5, 5.41) is 34.9. The first kappa shape index (κ1) is 19.0. The molecule has 4 N–H and O–H groups in total. The molecule has 0 spiro atoms. The maximum absolute atomic E-state index is 12.1. The third-order valence-electron chi connectivity index (χ3n) is 6.31. The van der Waals surface area contributed by atoms with Crippen LogP contribution in [0.15, 0.2) is 18.5 Å². The first-order valence-electron chi connectivity index (χ1n) is 9.78. The van der Waals surface area contributed by atoms with Crippen molar-refractivity contribution in [3.8, 4) is 6.07 Å². The fourth-order valence-electron chi connectivity index (χ4n) is 4.57. The number of fused-ring (bicyclic) bond motifs is 2. The summed E-state index contributed by atoms with van der Waals surface area (Å²) in [4.78, 5) is 16.0. The van der Waals surface area contributed by atoms with Gasteiger partial charge in [-0.05, 0) is 43.2 Å². The van der Waals surface area contributed by atoms with E-state index in [1.54, 1.807) is 12.1 Å². The largest absolute Gasteiger partial charge is 0.508 e. The van der Waals surface area contributed by atoms with E-state index >= 15 is 0 Å². The third kappa shape index (κ3) is 2.96. The van der Waals surface area contributed by atoms with Gasteiger partial charge in [0.05, 0.1) is 5.69 Å². The van der Waals surface area contributed by atoms with Crippen molar-refractivity contribution in [3.63, 3.8) is 0 Å². The van der Waals surface area contributed by atoms with Crippen LogP contribution in [0.1, 0.15) is 31.1 Å². The summed E-state index contributed by atoms with van der Waals surface area (Å²) >= 11 is 0. The summed E-state index contributed by atoms with van der Waals surface area (Å²) in [5.74, 6) is 1.50. The Morgan fingerprint density at radius 1 is 1.37 bits per heavy atom. The zero-order valence-corrected chi connectivity index (χ0v) is 15.9. The molecule has 2 aliphatic carbocycles. The second kappa shape index (κ2) is 6.80. The topological polar surface area (TPSA) is 165 Å². The molecular weight excluding hydrogens is 394 g/mol. The number of aromatic nitrogens is 3. The molecule has 1 unspecified atom stereocenters. The quantitative estimate of drug-likeness (QED) is 0.592. The summed E-state index contributed by atoms with van der Waals surface area (Å²) in [6.45, 7) is -0.586. The number of carbonyl (C=O) groups excluding carboxylic acids is 1. The van der Waals surface area contributed by atoms with Gasteiger partial charge in [0, 0.05) is 0 Å². The van der Waals surface area contributed by atoms with Crippen LogP contribution in [-0.4, -0.2) is 61.5 Å². The van der Waals surface area contributed by atoms with Crippen molar-refractivity contribution < 1.29 is 29.2 Å². The molecule has 11 nitrogen and oxygen atoms in total. The minimum absolute atomic E-state index is 0.177. The van der Waals surface area contributed by atoms with Crippen LogP contribution >= 0.6 is 0 Å². The van der Waals surface area contributed by atoms with E-state index in [9.17, 15) is 20.3 Å². The van der Waals surface area contributed by atoms with Crippen molar-refractivity contribution in [2.45, 2.75) is 49.3 Å². The summed E-state index contributed by atoms with van der Waals surface area (Å²) in [7, 11) is 0. The Kier molecular flexibility index (Phi) is 4.32. The van der Waals surface area contributed by atoms with Crippen molar-refractivity contribution in [1.29, 1.82) is 5.26 Å². The highest BCUT2D eigenvalue weighted by molar-refractivity contribution is 5.65. The molecule has 3 aliphatic rings. The molecular formula is C19H21N5O6. The van der Waals surface area contributed by atoms with Crippen LogP contribution in [0.2, 0.25) is 0 Å². The van der Waals surface area contributed by atoms with Crippen molar-refractivity contribution in [2.24, 2.45) is 11.8 Å². The van der Waals surface area contributed by atoms with Gasteiger partial charge in [-0.15, -0.1) is 0 Å². The van der Waals surface area contributed by atoms with Gasteiger partial charge >= 0.3 is 6.16 Å². The Morgan fingerprint density at radius 3 is 2.87 bits per heavy atom. The van der Waals surface area contributed by atoms with Crippen LogP contribution in [0.3, 0.4) is 0 Å². The molecule has 0 bridgehead atoms. The summed E-state index contributed by atoms with van der Waals surface area (Å²) in [6, 6.07) is 5.08. The van der Waals surface area contributed by atoms with Gasteiger partial charge in [0.25, 0.3) is 0 Å². The number of ether oxygens (including phenoxy) is 3. The average molecular weight is 415 g/mol. The number of aliphatic hydroxyl groups is 2. The number of hydrogen-bond donors (Lipinski definition) is 3. The van der Waals surface area contributed by atoms with Gasteiger partial charge in [-0.2, -0.15) is 10.4 Å². The van der Waals surface area contributed by atoms with Crippen molar-refractivity contribution in [2.75, 3.05) is 12.3 Å². The highest BCUT2D eigenvalue weighted by Gasteiger charge is 2.57. The SMILES string of the molecule is N#C[C@]1(COC(=O)OC2C[C@@H]3C[C@@H]3C2)O[C@@H](c2ccc3c(N)ncnn23)[C@H](O)[C@@H]1O. The van der Waals surface area contributed by atoms with Gasteiger partial charge < -0.3 is 30.2 Å². The van der Waals surface area contributed by atoms with Crippen LogP contribution in [0, 0.1) is 23.2 Å². The second-order valence-corrected chi connectivity index (χ2v) is 8.18. The fourth-order valence-corrected chi connectivity index (χ4v) is 4.57. The van der Waals surface area contributed by atoms with E-state index in [1.807, 2.05) is 6.07 Å². The van der Waals surface area contributed by atoms with Gasteiger partial charge in [0.15, 0.2) is 5.82 Å². The number of hydrogen-bond acceptors (Lipinski definition) is 10. The molecule has 30 heavy (non-hydrogen) atoms. The molecule has 3 fully saturated rings. The third-order valence-corrected chi connectivity index (χ3v) is 6.31. The predicted octanol–water partition coefficient (Wildman–Crippen LogP) is 0.319. The Hall–Kier alpha value is -2.94. The van der Waals surface area contributed by atoms with E-state index in [1.165, 1.54) is 17.3 Å². The highest BCUT2D eigenvalue weighted by atomic mass is 16.7. The molecule has 11 heteroatoms. The van der Waals surface area contributed by atoms with Crippen LogP contribution in [0.4, 0.5) is 10.6 Å². The van der Waals surface area contributed by atoms with Crippen LogP contribution in [0.25, 0.3) is 5.52 Å². The van der Waals surface area contributed by atoms with Gasteiger partial charge in [0.1, 0.15) is 48.9 Å². The van der Waals surface area contributed by atoms with Crippen LogP contribution < -0.4 is 5.73 Å². The van der Waals surface area contributed by atoms with E-state index < -0.39 is 36.7 Å². The smallest absolute Gasteiger partial charge is 0.431 e. The monoisotopic (exact) mass is 415 g/mol. The molecule has 0 radical (unpaired) electrons. The van der Waals surface area contributed by atoms with Crippen molar-refractivity contribution in [1.82, 2.24) is 14.6 Å². The summed E-state index contributed by atoms with van der Waals surface area (Å²) < 4.78 is 17.5. The Labute approximate surface area is 171 Å². The number of nitrogens with zero attached hydrogens (tertiary/aromatic N) is 4. The molecule has 0 aromatic carbocycles. The minimum atomic E-state index is -1.95. The highest BCUT2D eigenvalue weighted by Crippen LogP contribution is 2.52. The maximum atomic E-state index is 12.1. The molecule has 0 amide bonds. The summed E-state index contributed by atoms with van der Waals surface area (Å²) in [5.41, 5.74) is 4.72. The van der Waals surface area contributed by atoms with Gasteiger partial charge in [-0.1, -0.05) is 0 Å². The lowest BCUT2D eigenvalue weighted by molar-refractivity contribution is -0.0890. The molecule has 2 saturated carbocycles. The average Bonchev–Trinajstić information content (AvgIpc) is 3.05. The van der Waals surface area contributed by atoms with E-state index in [0.29, 0.717) is 23.0 Å². The molecule has 7 atom stereocenters. The van der Waals surface area contributed by atoms with Crippen molar-refractivity contribution in [3.05, 3.63) is 24.2 Å².